The van der Waals surface area contributed by atoms with Crippen molar-refractivity contribution in [1.29, 1.82) is 0 Å². The zero-order chi connectivity index (χ0) is 21.8. The van der Waals surface area contributed by atoms with Crippen LogP contribution in [0.3, 0.4) is 0 Å². The van der Waals surface area contributed by atoms with E-state index in [9.17, 15) is 13.2 Å². The van der Waals surface area contributed by atoms with Gasteiger partial charge < -0.3 is 14.8 Å². The third kappa shape index (κ3) is 4.82. The molecule has 0 saturated carbocycles. The van der Waals surface area contributed by atoms with Gasteiger partial charge in [-0.05, 0) is 30.2 Å². The van der Waals surface area contributed by atoms with Crippen molar-refractivity contribution in [1.82, 2.24) is 19.9 Å². The number of alkyl halides is 3. The Labute approximate surface area is 178 Å². The summed E-state index contributed by atoms with van der Waals surface area (Å²) in [6.07, 6.45) is -1.29. The Morgan fingerprint density at radius 1 is 1.03 bits per heavy atom. The van der Waals surface area contributed by atoms with Gasteiger partial charge in [0.1, 0.15) is 16.7 Å². The Hall–Kier alpha value is -3.47. The average Bonchev–Trinajstić information content (AvgIpc) is 3.24. The van der Waals surface area contributed by atoms with Crippen LogP contribution < -0.4 is 14.8 Å². The fraction of sp³-hybridized carbons (Fsp3) is 0.200. The maximum absolute atomic E-state index is 12.9. The minimum atomic E-state index is -4.48. The van der Waals surface area contributed by atoms with Gasteiger partial charge in [-0.1, -0.05) is 6.07 Å². The molecule has 7 nitrogen and oxygen atoms in total. The van der Waals surface area contributed by atoms with Gasteiger partial charge in [0.25, 0.3) is 0 Å². The molecule has 3 heterocycles. The topological polar surface area (TPSA) is 82.0 Å². The van der Waals surface area contributed by atoms with Crippen LogP contribution in [0.2, 0.25) is 0 Å². The van der Waals surface area contributed by atoms with Crippen LogP contribution in [0.1, 0.15) is 11.1 Å². The number of rotatable bonds is 7. The highest BCUT2D eigenvalue weighted by Gasteiger charge is 2.31. The molecule has 0 spiro atoms. The molecule has 0 unspecified atom stereocenters. The van der Waals surface area contributed by atoms with Crippen molar-refractivity contribution in [2.24, 2.45) is 0 Å². The summed E-state index contributed by atoms with van der Waals surface area (Å²) in [5, 5.41) is 3.24. The van der Waals surface area contributed by atoms with E-state index in [4.69, 9.17) is 9.47 Å². The van der Waals surface area contributed by atoms with E-state index in [0.717, 1.165) is 34.2 Å². The number of thiazole rings is 1. The van der Waals surface area contributed by atoms with E-state index in [-0.39, 0.29) is 11.6 Å². The first kappa shape index (κ1) is 20.8. The molecule has 0 aliphatic rings. The fourth-order valence-electron chi connectivity index (χ4n) is 2.85. The maximum Gasteiger partial charge on any atom is 0.416 e. The van der Waals surface area contributed by atoms with E-state index in [1.165, 1.54) is 24.8 Å². The molecular weight excluding hydrogens is 431 g/mol. The predicted octanol–water partition coefficient (Wildman–Crippen LogP) is 4.96. The first-order valence-corrected chi connectivity index (χ1v) is 9.98. The molecule has 0 amide bonds. The van der Waals surface area contributed by atoms with Crippen LogP contribution in [0.4, 0.5) is 19.0 Å². The molecule has 4 aromatic rings. The normalized spacial score (nSPS) is 11.5. The Morgan fingerprint density at radius 3 is 2.71 bits per heavy atom. The van der Waals surface area contributed by atoms with Gasteiger partial charge in [0, 0.05) is 18.8 Å². The van der Waals surface area contributed by atoms with Gasteiger partial charge in [-0.2, -0.15) is 13.2 Å². The zero-order valence-electron chi connectivity index (χ0n) is 16.2. The first-order chi connectivity index (χ1) is 14.9. The number of nitrogens with zero attached hydrogens (tertiary/aromatic N) is 4. The number of fused-ring (bicyclic) bond motifs is 1. The molecule has 160 valence electrons. The highest BCUT2D eigenvalue weighted by molar-refractivity contribution is 7.16. The number of aromatic nitrogens is 4. The summed E-state index contributed by atoms with van der Waals surface area (Å²) in [6.45, 7) is 0.585. The minimum absolute atomic E-state index is 0.168. The standard InChI is InChI=1S/C20H16F3N5O2S/c1-29-15-8-12(4-6-25-18-17-19(27-10-26-18)31-11-28-17)2-3-14(15)30-16-9-13(5-7-24-16)20(21,22)23/h2-3,5,7-11H,4,6H2,1H3,(H,25,26,27). The van der Waals surface area contributed by atoms with Crippen LogP contribution in [-0.2, 0) is 12.6 Å². The maximum atomic E-state index is 12.9. The van der Waals surface area contributed by atoms with Crippen molar-refractivity contribution >= 4 is 27.5 Å². The van der Waals surface area contributed by atoms with Crippen molar-refractivity contribution < 1.29 is 22.6 Å². The second-order valence-electron chi connectivity index (χ2n) is 6.37. The molecule has 0 bridgehead atoms. The molecule has 4 rings (SSSR count). The molecule has 0 aliphatic heterocycles. The summed E-state index contributed by atoms with van der Waals surface area (Å²) in [5.41, 5.74) is 2.55. The van der Waals surface area contributed by atoms with Gasteiger partial charge in [0.05, 0.1) is 18.2 Å². The van der Waals surface area contributed by atoms with E-state index in [1.807, 2.05) is 6.07 Å². The molecule has 31 heavy (non-hydrogen) atoms. The number of hydrogen-bond donors (Lipinski definition) is 1. The van der Waals surface area contributed by atoms with Crippen molar-refractivity contribution in [3.05, 3.63) is 59.5 Å². The van der Waals surface area contributed by atoms with Crippen LogP contribution in [0, 0.1) is 0 Å². The molecule has 11 heteroatoms. The summed E-state index contributed by atoms with van der Waals surface area (Å²) < 4.78 is 49.5. The minimum Gasteiger partial charge on any atom is -0.493 e. The third-order valence-corrected chi connectivity index (χ3v) is 5.08. The summed E-state index contributed by atoms with van der Waals surface area (Å²) in [7, 11) is 1.46. The second kappa shape index (κ2) is 8.72. The highest BCUT2D eigenvalue weighted by Crippen LogP contribution is 2.35. The van der Waals surface area contributed by atoms with E-state index >= 15 is 0 Å². The quantitative estimate of drug-likeness (QED) is 0.429. The molecule has 0 aliphatic carbocycles. The summed E-state index contributed by atoms with van der Waals surface area (Å²) in [5.74, 6) is 1.15. The number of pyridine rings is 1. The van der Waals surface area contributed by atoms with Gasteiger partial charge in [0.15, 0.2) is 17.3 Å². The number of ether oxygens (including phenoxy) is 2. The SMILES string of the molecule is COc1cc(CCNc2ncnc3scnc23)ccc1Oc1cc(C(F)(F)F)ccn1. The molecule has 1 aromatic carbocycles. The van der Waals surface area contributed by atoms with Gasteiger partial charge in [0.2, 0.25) is 5.88 Å². The van der Waals surface area contributed by atoms with Crippen LogP contribution in [-0.4, -0.2) is 33.6 Å². The van der Waals surface area contributed by atoms with Gasteiger partial charge >= 0.3 is 6.18 Å². The number of nitrogens with one attached hydrogen (secondary N) is 1. The zero-order valence-corrected chi connectivity index (χ0v) is 17.0. The van der Waals surface area contributed by atoms with Crippen LogP contribution in [0.5, 0.6) is 17.4 Å². The van der Waals surface area contributed by atoms with E-state index in [0.29, 0.717) is 24.5 Å². The van der Waals surface area contributed by atoms with Gasteiger partial charge in [-0.25, -0.2) is 19.9 Å². The summed E-state index contributed by atoms with van der Waals surface area (Å²) >= 11 is 1.44. The number of hydrogen-bond acceptors (Lipinski definition) is 8. The lowest BCUT2D eigenvalue weighted by Gasteiger charge is -2.13. The number of anilines is 1. The van der Waals surface area contributed by atoms with Crippen LogP contribution in [0.25, 0.3) is 10.3 Å². The first-order valence-electron chi connectivity index (χ1n) is 9.10. The monoisotopic (exact) mass is 447 g/mol. The Balaban J connectivity index is 1.44. The molecular formula is C20H16F3N5O2S. The molecule has 0 radical (unpaired) electrons. The predicted molar refractivity (Wildman–Crippen MR) is 110 cm³/mol. The highest BCUT2D eigenvalue weighted by atomic mass is 32.1. The van der Waals surface area contributed by atoms with E-state index < -0.39 is 11.7 Å². The molecule has 0 fully saturated rings. The van der Waals surface area contributed by atoms with E-state index in [2.05, 4.69) is 25.3 Å². The third-order valence-electron chi connectivity index (χ3n) is 4.35. The van der Waals surface area contributed by atoms with Crippen molar-refractivity contribution in [3.8, 4) is 17.4 Å². The molecule has 0 atom stereocenters. The summed E-state index contributed by atoms with van der Waals surface area (Å²) in [4.78, 5) is 17.3. The van der Waals surface area contributed by atoms with Gasteiger partial charge in [-0.15, -0.1) is 11.3 Å². The van der Waals surface area contributed by atoms with Gasteiger partial charge in [-0.3, -0.25) is 0 Å². The van der Waals surface area contributed by atoms with Crippen LogP contribution in [0.15, 0.2) is 48.4 Å². The number of benzene rings is 1. The Morgan fingerprint density at radius 2 is 1.90 bits per heavy atom. The number of methoxy groups -OCH3 is 1. The molecule has 3 aromatic heterocycles. The summed E-state index contributed by atoms with van der Waals surface area (Å²) in [6, 6.07) is 6.95. The lowest BCUT2D eigenvalue weighted by molar-refractivity contribution is -0.137. The van der Waals surface area contributed by atoms with Crippen molar-refractivity contribution in [2.45, 2.75) is 12.6 Å². The Bertz CT molecular complexity index is 1200. The molecule has 0 saturated heterocycles. The lowest BCUT2D eigenvalue weighted by atomic mass is 10.1. The average molecular weight is 447 g/mol. The van der Waals surface area contributed by atoms with Crippen molar-refractivity contribution in [3.63, 3.8) is 0 Å². The fourth-order valence-corrected chi connectivity index (χ4v) is 3.48. The number of halogens is 3. The smallest absolute Gasteiger partial charge is 0.416 e. The van der Waals surface area contributed by atoms with Crippen molar-refractivity contribution in [2.75, 3.05) is 19.0 Å². The van der Waals surface area contributed by atoms with Crippen LogP contribution >= 0.6 is 11.3 Å². The lowest BCUT2D eigenvalue weighted by Crippen LogP contribution is -2.07. The second-order valence-corrected chi connectivity index (χ2v) is 7.21. The Kier molecular flexibility index (Phi) is 5.85. The van der Waals surface area contributed by atoms with E-state index in [1.54, 1.807) is 17.6 Å². The largest absolute Gasteiger partial charge is 0.493 e. The molecule has 1 N–H and O–H groups in total.